The molecule has 1 N–H and O–H groups in total. The van der Waals surface area contributed by atoms with Crippen molar-refractivity contribution in [2.24, 2.45) is 0 Å². The topological polar surface area (TPSA) is 38.1 Å². The lowest BCUT2D eigenvalue weighted by Gasteiger charge is -2.12. The Morgan fingerprint density at radius 1 is 1.14 bits per heavy atom. The van der Waals surface area contributed by atoms with Crippen LogP contribution in [-0.2, 0) is 6.54 Å². The molecule has 1 aromatic carbocycles. The molecule has 1 atom stereocenters. The van der Waals surface area contributed by atoms with Crippen LogP contribution in [0.5, 0.6) is 0 Å². The zero-order valence-electron chi connectivity index (χ0n) is 12.3. The van der Waals surface area contributed by atoms with Crippen molar-refractivity contribution in [3.05, 3.63) is 76.7 Å². The van der Waals surface area contributed by atoms with Crippen molar-refractivity contribution >= 4 is 15.9 Å². The maximum absolute atomic E-state index is 5.90. The van der Waals surface area contributed by atoms with Crippen LogP contribution in [0, 0.1) is 0 Å². The molecular weight excluding hydrogens is 340 g/mol. The van der Waals surface area contributed by atoms with Crippen LogP contribution in [0.3, 0.4) is 0 Å². The van der Waals surface area contributed by atoms with Crippen molar-refractivity contribution < 1.29 is 4.42 Å². The monoisotopic (exact) mass is 356 g/mol. The van der Waals surface area contributed by atoms with E-state index in [9.17, 15) is 0 Å². The second-order valence-corrected chi connectivity index (χ2v) is 6.08. The third-order valence-corrected chi connectivity index (χ3v) is 4.09. The summed E-state index contributed by atoms with van der Waals surface area (Å²) >= 11 is 3.44. The van der Waals surface area contributed by atoms with Gasteiger partial charge in [0.1, 0.15) is 11.5 Å². The fourth-order valence-electron chi connectivity index (χ4n) is 2.25. The summed E-state index contributed by atoms with van der Waals surface area (Å²) in [6.45, 7) is 2.81. The summed E-state index contributed by atoms with van der Waals surface area (Å²) in [5.74, 6) is 1.81. The molecule has 0 fully saturated rings. The predicted molar refractivity (Wildman–Crippen MR) is 91.3 cm³/mol. The first kappa shape index (κ1) is 15.0. The molecule has 0 bridgehead atoms. The Morgan fingerprint density at radius 3 is 2.68 bits per heavy atom. The zero-order valence-corrected chi connectivity index (χ0v) is 13.9. The van der Waals surface area contributed by atoms with Crippen LogP contribution < -0.4 is 5.32 Å². The zero-order chi connectivity index (χ0) is 15.4. The predicted octanol–water partition coefficient (Wildman–Crippen LogP) is 4.95. The first-order valence-corrected chi connectivity index (χ1v) is 7.99. The minimum absolute atomic E-state index is 0.231. The molecule has 0 aliphatic heterocycles. The van der Waals surface area contributed by atoms with Gasteiger partial charge in [0.25, 0.3) is 0 Å². The van der Waals surface area contributed by atoms with Crippen molar-refractivity contribution in [3.8, 4) is 11.3 Å². The van der Waals surface area contributed by atoms with E-state index in [4.69, 9.17) is 4.42 Å². The molecule has 0 unspecified atom stereocenters. The molecule has 0 saturated heterocycles. The molecule has 4 heteroatoms. The van der Waals surface area contributed by atoms with Crippen LogP contribution in [0.25, 0.3) is 11.3 Å². The molecular formula is C18H17BrN2O. The minimum Gasteiger partial charge on any atom is -0.460 e. The molecule has 2 heterocycles. The molecule has 0 spiro atoms. The van der Waals surface area contributed by atoms with Crippen LogP contribution in [0.2, 0.25) is 0 Å². The number of pyridine rings is 1. The van der Waals surface area contributed by atoms with Crippen LogP contribution in [0.4, 0.5) is 0 Å². The fraction of sp³-hybridized carbons (Fsp3) is 0.167. The summed E-state index contributed by atoms with van der Waals surface area (Å²) in [5, 5.41) is 3.45. The van der Waals surface area contributed by atoms with Gasteiger partial charge in [-0.1, -0.05) is 34.1 Å². The lowest BCUT2D eigenvalue weighted by Crippen LogP contribution is -2.17. The lowest BCUT2D eigenvalue weighted by molar-refractivity contribution is 0.468. The Morgan fingerprint density at radius 2 is 1.95 bits per heavy atom. The Kier molecular flexibility index (Phi) is 4.71. The Balaban J connectivity index is 1.63. The molecule has 3 aromatic rings. The van der Waals surface area contributed by atoms with Crippen molar-refractivity contribution in [2.45, 2.75) is 19.5 Å². The average Bonchev–Trinajstić information content (AvgIpc) is 3.03. The summed E-state index contributed by atoms with van der Waals surface area (Å²) < 4.78 is 6.97. The summed E-state index contributed by atoms with van der Waals surface area (Å²) in [5.41, 5.74) is 2.25. The highest BCUT2D eigenvalue weighted by Crippen LogP contribution is 2.24. The maximum atomic E-state index is 5.90. The number of aromatic nitrogens is 1. The van der Waals surface area contributed by atoms with Gasteiger partial charge in [0.15, 0.2) is 0 Å². The second-order valence-electron chi connectivity index (χ2n) is 5.16. The molecule has 0 saturated carbocycles. The van der Waals surface area contributed by atoms with Gasteiger partial charge in [-0.2, -0.15) is 0 Å². The molecule has 0 aliphatic rings. The highest BCUT2D eigenvalue weighted by Gasteiger charge is 2.08. The number of nitrogens with zero attached hydrogens (tertiary/aromatic N) is 1. The van der Waals surface area contributed by atoms with Gasteiger partial charge in [-0.15, -0.1) is 0 Å². The lowest BCUT2D eigenvalue weighted by atomic mass is 10.1. The smallest absolute Gasteiger partial charge is 0.134 e. The third-order valence-electron chi connectivity index (χ3n) is 3.56. The van der Waals surface area contributed by atoms with E-state index < -0.39 is 0 Å². The van der Waals surface area contributed by atoms with Crippen molar-refractivity contribution in [1.29, 1.82) is 0 Å². The minimum atomic E-state index is 0.231. The highest BCUT2D eigenvalue weighted by atomic mass is 79.9. The molecule has 3 nitrogen and oxygen atoms in total. The maximum Gasteiger partial charge on any atom is 0.134 e. The summed E-state index contributed by atoms with van der Waals surface area (Å²) in [6, 6.07) is 16.4. The fourth-order valence-corrected chi connectivity index (χ4v) is 2.51. The molecule has 2 aromatic heterocycles. The van der Waals surface area contributed by atoms with Gasteiger partial charge < -0.3 is 9.73 Å². The third kappa shape index (κ3) is 3.64. The number of halogens is 1. The quantitative estimate of drug-likeness (QED) is 0.702. The molecule has 0 amide bonds. The SMILES string of the molecule is C[C@H](NCc1ccc(-c2ccc(Br)cc2)o1)c1cccnc1. The van der Waals surface area contributed by atoms with Crippen LogP contribution >= 0.6 is 15.9 Å². The van der Waals surface area contributed by atoms with Crippen molar-refractivity contribution in [1.82, 2.24) is 10.3 Å². The van der Waals surface area contributed by atoms with Crippen molar-refractivity contribution in [2.75, 3.05) is 0 Å². The van der Waals surface area contributed by atoms with E-state index in [2.05, 4.69) is 39.2 Å². The normalized spacial score (nSPS) is 12.3. The van der Waals surface area contributed by atoms with Gasteiger partial charge in [0, 0.05) is 28.5 Å². The molecule has 0 aliphatic carbocycles. The van der Waals surface area contributed by atoms with Crippen molar-refractivity contribution in [3.63, 3.8) is 0 Å². The van der Waals surface area contributed by atoms with E-state index in [-0.39, 0.29) is 6.04 Å². The van der Waals surface area contributed by atoms with Gasteiger partial charge in [0.05, 0.1) is 6.54 Å². The van der Waals surface area contributed by atoms with E-state index in [1.165, 1.54) is 5.56 Å². The Hall–Kier alpha value is -1.91. The number of hydrogen-bond donors (Lipinski definition) is 1. The molecule has 0 radical (unpaired) electrons. The van der Waals surface area contributed by atoms with Gasteiger partial charge in [-0.25, -0.2) is 0 Å². The van der Waals surface area contributed by atoms with E-state index >= 15 is 0 Å². The van der Waals surface area contributed by atoms with Crippen LogP contribution in [0.1, 0.15) is 24.3 Å². The number of hydrogen-bond acceptors (Lipinski definition) is 3. The second kappa shape index (κ2) is 6.90. The largest absolute Gasteiger partial charge is 0.460 e. The Labute approximate surface area is 138 Å². The highest BCUT2D eigenvalue weighted by molar-refractivity contribution is 9.10. The average molecular weight is 357 g/mol. The molecule has 3 rings (SSSR count). The first-order valence-electron chi connectivity index (χ1n) is 7.20. The summed E-state index contributed by atoms with van der Waals surface area (Å²) in [6.07, 6.45) is 3.67. The van der Waals surface area contributed by atoms with Gasteiger partial charge >= 0.3 is 0 Å². The van der Waals surface area contributed by atoms with Crippen LogP contribution in [0.15, 0.2) is 69.8 Å². The number of rotatable bonds is 5. The molecule has 22 heavy (non-hydrogen) atoms. The first-order chi connectivity index (χ1) is 10.7. The summed E-state index contributed by atoms with van der Waals surface area (Å²) in [4.78, 5) is 4.14. The number of nitrogens with one attached hydrogen (secondary N) is 1. The summed E-state index contributed by atoms with van der Waals surface area (Å²) in [7, 11) is 0. The van der Waals surface area contributed by atoms with Gasteiger partial charge in [-0.05, 0) is 42.8 Å². The van der Waals surface area contributed by atoms with Gasteiger partial charge in [0.2, 0.25) is 0 Å². The van der Waals surface area contributed by atoms with Gasteiger partial charge in [-0.3, -0.25) is 4.98 Å². The van der Waals surface area contributed by atoms with Crippen LogP contribution in [-0.4, -0.2) is 4.98 Å². The number of benzene rings is 1. The van der Waals surface area contributed by atoms with E-state index in [1.807, 2.05) is 48.7 Å². The number of furan rings is 1. The van der Waals surface area contributed by atoms with E-state index in [1.54, 1.807) is 6.20 Å². The Bertz CT molecular complexity index is 722. The molecule has 112 valence electrons. The van der Waals surface area contributed by atoms with E-state index in [0.29, 0.717) is 6.54 Å². The van der Waals surface area contributed by atoms with E-state index in [0.717, 1.165) is 21.6 Å². The standard InChI is InChI=1S/C18H17BrN2O/c1-13(15-3-2-10-20-11-15)21-12-17-8-9-18(22-17)14-4-6-16(19)7-5-14/h2-11,13,21H,12H2,1H3/t13-/m0/s1.